The van der Waals surface area contributed by atoms with E-state index in [1.54, 1.807) is 56.1 Å². The van der Waals surface area contributed by atoms with Gasteiger partial charge in [0, 0.05) is 100 Å². The van der Waals surface area contributed by atoms with Crippen LogP contribution < -0.4 is 31.9 Å². The number of ether oxygens (including phenoxy) is 2. The third kappa shape index (κ3) is 16.5. The Bertz CT molecular complexity index is 2740. The molecule has 78 heavy (non-hydrogen) atoms. The van der Waals surface area contributed by atoms with E-state index in [4.69, 9.17) is 14.5 Å². The number of hydrogen-bond acceptors (Lipinski definition) is 11. The maximum atomic E-state index is 15.5. The lowest BCUT2D eigenvalue weighted by Crippen LogP contribution is -2.52. The number of imide groups is 1. The highest BCUT2D eigenvalue weighted by atomic mass is 19.1. The minimum Gasteiger partial charge on any atom is -0.445 e. The lowest BCUT2D eigenvalue weighted by molar-refractivity contribution is -0.137. The number of benzene rings is 3. The van der Waals surface area contributed by atoms with Crippen LogP contribution in [0, 0.1) is 29.4 Å². The Morgan fingerprint density at radius 2 is 1.59 bits per heavy atom. The highest BCUT2D eigenvalue weighted by Crippen LogP contribution is 2.38. The zero-order chi connectivity index (χ0) is 55.7. The summed E-state index contributed by atoms with van der Waals surface area (Å²) in [7, 11) is 0. The molecule has 5 atom stereocenters. The summed E-state index contributed by atoms with van der Waals surface area (Å²) in [6.07, 6.45) is 4.96. The van der Waals surface area contributed by atoms with Crippen LogP contribution in [0.1, 0.15) is 82.3 Å². The van der Waals surface area contributed by atoms with E-state index in [0.717, 1.165) is 28.7 Å². The molecule has 6 N–H and O–H groups in total. The van der Waals surface area contributed by atoms with Gasteiger partial charge in [-0.25, -0.2) is 27.7 Å². The van der Waals surface area contributed by atoms with E-state index in [2.05, 4.69) is 31.9 Å². The molecule has 7 rings (SSSR count). The molecule has 2 fully saturated rings. The zero-order valence-electron chi connectivity index (χ0n) is 44.1. The summed E-state index contributed by atoms with van der Waals surface area (Å²) in [6.45, 7) is 6.54. The number of nitrogens with one attached hydrogen (secondary N) is 6. The largest absolute Gasteiger partial charge is 0.445 e. The van der Waals surface area contributed by atoms with Gasteiger partial charge in [0.25, 0.3) is 11.8 Å². The van der Waals surface area contributed by atoms with Crippen LogP contribution in [-0.4, -0.2) is 132 Å². The molecule has 0 bridgehead atoms. The van der Waals surface area contributed by atoms with Crippen LogP contribution in [-0.2, 0) is 46.6 Å². The normalized spacial score (nSPS) is 17.6. The number of rotatable bonds is 25. The van der Waals surface area contributed by atoms with Crippen LogP contribution >= 0.6 is 0 Å². The van der Waals surface area contributed by atoms with E-state index in [1.165, 1.54) is 12.2 Å². The van der Waals surface area contributed by atoms with Gasteiger partial charge in [-0.1, -0.05) is 62.7 Å². The molecule has 22 heteroatoms. The van der Waals surface area contributed by atoms with Gasteiger partial charge in [-0.3, -0.25) is 28.9 Å². The predicted molar refractivity (Wildman–Crippen MR) is 283 cm³/mol. The first-order valence-electron chi connectivity index (χ1n) is 26.5. The van der Waals surface area contributed by atoms with Crippen molar-refractivity contribution in [1.29, 1.82) is 0 Å². The Hall–Kier alpha value is -7.59. The Balaban J connectivity index is 0.906. The molecule has 0 radical (unpaired) electrons. The second kappa shape index (κ2) is 28.2. The molecule has 3 aliphatic heterocycles. The lowest BCUT2D eigenvalue weighted by Gasteiger charge is -2.40. The molecule has 3 aliphatic rings. The highest BCUT2D eigenvalue weighted by Gasteiger charge is 2.41. The number of alkyl carbamates (subject to hydrolysis) is 1. The molecule has 2 saturated heterocycles. The number of nitrogens with zero attached hydrogens (tertiary/aromatic N) is 4. The molecule has 4 heterocycles. The van der Waals surface area contributed by atoms with Gasteiger partial charge in [0.1, 0.15) is 36.3 Å². The van der Waals surface area contributed by atoms with E-state index >= 15 is 8.78 Å². The number of amides is 8. The van der Waals surface area contributed by atoms with Gasteiger partial charge in [-0.15, -0.1) is 0 Å². The van der Waals surface area contributed by atoms with Crippen molar-refractivity contribution in [2.45, 2.75) is 96.7 Å². The van der Waals surface area contributed by atoms with Crippen molar-refractivity contribution in [2.75, 3.05) is 57.8 Å². The van der Waals surface area contributed by atoms with Crippen molar-refractivity contribution in [2.24, 2.45) is 17.8 Å². The van der Waals surface area contributed by atoms with Crippen molar-refractivity contribution in [3.8, 4) is 11.3 Å². The van der Waals surface area contributed by atoms with Crippen LogP contribution in [0.5, 0.6) is 0 Å². The third-order valence-electron chi connectivity index (χ3n) is 13.9. The number of carbonyl (C=O) groups excluding carboxylic acids is 7. The van der Waals surface area contributed by atoms with Crippen LogP contribution in [0.2, 0.25) is 0 Å². The van der Waals surface area contributed by atoms with E-state index < -0.39 is 65.8 Å². The van der Waals surface area contributed by atoms with Gasteiger partial charge in [-0.2, -0.15) is 0 Å². The molecule has 1 unspecified atom stereocenters. The van der Waals surface area contributed by atoms with Crippen molar-refractivity contribution in [1.82, 2.24) is 45.9 Å². The SMILES string of the molecule is CC(C)C(NC(=O)CCCCCN1C(=O)C=CC1=O)C(=O)NCC(=O)Nc1ccc(COC(=O)NC[C@H](C)NC(=O)N(C[C@@H]2CNC[C@@H]2F)[C@@H](c2nc(-c3cc(F)ccc3F)cn2Cc2ccccc2)C2CCOCC2)cc1. The number of urea groups is 1. The zero-order valence-corrected chi connectivity index (χ0v) is 44.1. The van der Waals surface area contributed by atoms with Gasteiger partial charge >= 0.3 is 12.1 Å². The molecular weight excluding hydrogens is 1010 g/mol. The lowest BCUT2D eigenvalue weighted by atomic mass is 9.89. The number of unbranched alkanes of at least 4 members (excludes halogenated alkanes) is 2. The van der Waals surface area contributed by atoms with E-state index in [9.17, 15) is 38.0 Å². The van der Waals surface area contributed by atoms with Gasteiger partial charge < -0.3 is 50.8 Å². The standard InChI is InChI=1S/C56H69F3N10O9/c1-35(2)51(66-47(70)12-8-5-9-23-68-49(72)19-20-50(68)73)54(74)61-30-48(71)64-42-16-13-38(14-17-42)34-78-56(76)62-27-36(3)63-55(75)69(32-40-28-60-29-45(40)59)52(39-21-24-77-25-22-39)53-65-46(43-26-41(57)15-18-44(43)58)33-67(53)31-37-10-6-4-7-11-37/h4,6-7,10-11,13-20,26,33,35-36,39-40,45,51-52,60H,5,8-9,12,21-25,27-32,34H2,1-3H3,(H,61,74)(H,62,76)(H,63,75)(H,64,71)(H,66,70)/t36-,40-,45-,51?,52+/m0/s1. The van der Waals surface area contributed by atoms with Crippen molar-refractivity contribution < 1.29 is 56.2 Å². The van der Waals surface area contributed by atoms with Gasteiger partial charge in [-0.05, 0) is 85.9 Å². The fourth-order valence-electron chi connectivity index (χ4n) is 9.60. The van der Waals surface area contributed by atoms with E-state index in [0.29, 0.717) is 75.5 Å². The third-order valence-corrected chi connectivity index (χ3v) is 13.9. The van der Waals surface area contributed by atoms with Crippen LogP contribution in [0.15, 0.2) is 91.1 Å². The maximum Gasteiger partial charge on any atom is 0.407 e. The summed E-state index contributed by atoms with van der Waals surface area (Å²) in [4.78, 5) is 97.3. The Morgan fingerprint density at radius 3 is 2.28 bits per heavy atom. The first-order chi connectivity index (χ1) is 37.5. The fraction of sp³-hybridized carbons (Fsp3) is 0.464. The molecule has 418 valence electrons. The summed E-state index contributed by atoms with van der Waals surface area (Å²) < 4.78 is 58.5. The van der Waals surface area contributed by atoms with Crippen LogP contribution in [0.4, 0.5) is 28.4 Å². The average Bonchev–Trinajstić information content (AvgIpc) is 4.14. The number of alkyl halides is 1. The quantitative estimate of drug-likeness (QED) is 0.0337. The smallest absolute Gasteiger partial charge is 0.407 e. The van der Waals surface area contributed by atoms with E-state index in [1.807, 2.05) is 34.9 Å². The molecule has 0 saturated carbocycles. The topological polar surface area (TPSA) is 234 Å². The Kier molecular flexibility index (Phi) is 21.0. The molecule has 4 aromatic rings. The molecular formula is C56H69F3N10O9. The Morgan fingerprint density at radius 1 is 0.859 bits per heavy atom. The van der Waals surface area contributed by atoms with Gasteiger partial charge in [0.15, 0.2) is 0 Å². The van der Waals surface area contributed by atoms with E-state index in [-0.39, 0.29) is 86.6 Å². The molecule has 8 amide bonds. The number of aromatic nitrogens is 2. The first-order valence-corrected chi connectivity index (χ1v) is 26.5. The van der Waals surface area contributed by atoms with Crippen molar-refractivity contribution in [3.05, 3.63) is 120 Å². The van der Waals surface area contributed by atoms with Crippen molar-refractivity contribution in [3.63, 3.8) is 0 Å². The summed E-state index contributed by atoms with van der Waals surface area (Å²) >= 11 is 0. The Labute approximate surface area is 451 Å². The average molecular weight is 1080 g/mol. The monoisotopic (exact) mass is 1080 g/mol. The molecule has 0 aliphatic carbocycles. The fourth-order valence-corrected chi connectivity index (χ4v) is 9.60. The minimum absolute atomic E-state index is 0.00419. The molecule has 0 spiro atoms. The van der Waals surface area contributed by atoms with Crippen molar-refractivity contribution >= 4 is 47.3 Å². The minimum atomic E-state index is -1.24. The second-order valence-corrected chi connectivity index (χ2v) is 20.2. The van der Waals surface area contributed by atoms with Crippen LogP contribution in [0.25, 0.3) is 11.3 Å². The number of carbonyl (C=O) groups is 7. The molecule has 3 aromatic carbocycles. The molecule has 19 nitrogen and oxygen atoms in total. The summed E-state index contributed by atoms with van der Waals surface area (Å²) in [5.74, 6) is -4.03. The summed E-state index contributed by atoms with van der Waals surface area (Å²) in [5, 5.41) is 16.7. The number of hydrogen-bond donors (Lipinski definition) is 6. The summed E-state index contributed by atoms with van der Waals surface area (Å²) in [6, 6.07) is 16.3. The van der Waals surface area contributed by atoms with Gasteiger partial charge in [0.05, 0.1) is 18.3 Å². The highest BCUT2D eigenvalue weighted by molar-refractivity contribution is 6.12. The molecule has 1 aromatic heterocycles. The number of anilines is 1. The maximum absolute atomic E-state index is 15.5. The van der Waals surface area contributed by atoms with Crippen LogP contribution in [0.3, 0.4) is 0 Å². The second-order valence-electron chi connectivity index (χ2n) is 20.2. The predicted octanol–water partition coefficient (Wildman–Crippen LogP) is 5.91. The first kappa shape index (κ1) is 58.1. The van der Waals surface area contributed by atoms with Gasteiger partial charge in [0.2, 0.25) is 17.7 Å². The number of halogens is 3. The summed E-state index contributed by atoms with van der Waals surface area (Å²) in [5.41, 5.74) is 2.04. The number of imidazole rings is 1.